The second kappa shape index (κ2) is 11.1. The van der Waals surface area contributed by atoms with E-state index in [-0.39, 0.29) is 35.2 Å². The normalized spacial score (nSPS) is 11.8. The first-order valence-corrected chi connectivity index (χ1v) is 8.66. The lowest BCUT2D eigenvalue weighted by Crippen LogP contribution is -2.39. The summed E-state index contributed by atoms with van der Waals surface area (Å²) in [4.78, 5) is 4.63. The van der Waals surface area contributed by atoms with Gasteiger partial charge in [0.25, 0.3) is 0 Å². The maximum atomic E-state index is 13.4. The largest absolute Gasteiger partial charge is 0.357 e. The molecule has 0 unspecified atom stereocenters. The minimum atomic E-state index is -0.204. The van der Waals surface area contributed by atoms with Gasteiger partial charge in [-0.15, -0.1) is 24.0 Å². The standard InChI is InChI=1S/C16H26FN3S.HI/c1-5-18-15(19-9-10-21-4)20-12-16(2,3)13-7-6-8-14(17)11-13;/h6-8,11H,5,9-10,12H2,1-4H3,(H2,18,19,20);1H. The molecule has 0 saturated carbocycles. The van der Waals surface area contributed by atoms with Crippen LogP contribution in [0.2, 0.25) is 0 Å². The van der Waals surface area contributed by atoms with Crippen LogP contribution in [0.3, 0.4) is 0 Å². The molecule has 0 spiro atoms. The Hall–Kier alpha value is -0.500. The summed E-state index contributed by atoms with van der Waals surface area (Å²) >= 11 is 1.80. The highest BCUT2D eigenvalue weighted by atomic mass is 127. The van der Waals surface area contributed by atoms with Gasteiger partial charge in [0.1, 0.15) is 5.82 Å². The summed E-state index contributed by atoms with van der Waals surface area (Å²) in [5.74, 6) is 1.66. The number of halogens is 2. The number of hydrogen-bond acceptors (Lipinski definition) is 2. The van der Waals surface area contributed by atoms with Crippen molar-refractivity contribution in [1.82, 2.24) is 10.6 Å². The van der Waals surface area contributed by atoms with Crippen molar-refractivity contribution >= 4 is 41.7 Å². The lowest BCUT2D eigenvalue weighted by molar-refractivity contribution is 0.529. The molecule has 0 aliphatic carbocycles. The minimum absolute atomic E-state index is 0. The van der Waals surface area contributed by atoms with E-state index in [1.807, 2.05) is 13.0 Å². The lowest BCUT2D eigenvalue weighted by Gasteiger charge is -2.24. The molecule has 1 rings (SSSR count). The van der Waals surface area contributed by atoms with Crippen LogP contribution in [0.25, 0.3) is 0 Å². The first-order chi connectivity index (χ1) is 9.99. The Kier molecular flexibility index (Phi) is 10.8. The summed E-state index contributed by atoms with van der Waals surface area (Å²) in [6.07, 6.45) is 2.08. The van der Waals surface area contributed by atoms with Crippen molar-refractivity contribution < 1.29 is 4.39 Å². The summed E-state index contributed by atoms with van der Waals surface area (Å²) in [7, 11) is 0. The molecular formula is C16H27FIN3S. The van der Waals surface area contributed by atoms with Crippen LogP contribution in [-0.2, 0) is 5.41 Å². The summed E-state index contributed by atoms with van der Waals surface area (Å²) in [6, 6.07) is 6.76. The lowest BCUT2D eigenvalue weighted by atomic mass is 9.85. The van der Waals surface area contributed by atoms with Crippen LogP contribution in [0.5, 0.6) is 0 Å². The van der Waals surface area contributed by atoms with Crippen LogP contribution in [0.4, 0.5) is 4.39 Å². The Morgan fingerprint density at radius 1 is 1.32 bits per heavy atom. The van der Waals surface area contributed by atoms with Crippen LogP contribution < -0.4 is 10.6 Å². The predicted octanol–water partition coefficient (Wildman–Crippen LogP) is 3.64. The van der Waals surface area contributed by atoms with Gasteiger partial charge in [-0.3, -0.25) is 4.99 Å². The molecule has 2 N–H and O–H groups in total. The Labute approximate surface area is 155 Å². The number of guanidine groups is 1. The molecule has 126 valence electrons. The molecule has 22 heavy (non-hydrogen) atoms. The van der Waals surface area contributed by atoms with E-state index in [0.717, 1.165) is 30.4 Å². The zero-order valence-corrected chi connectivity index (χ0v) is 16.9. The number of nitrogens with one attached hydrogen (secondary N) is 2. The zero-order chi connectivity index (χ0) is 15.7. The van der Waals surface area contributed by atoms with Gasteiger partial charge >= 0.3 is 0 Å². The Balaban J connectivity index is 0.00000441. The second-order valence-electron chi connectivity index (χ2n) is 5.51. The molecule has 0 fully saturated rings. The Morgan fingerprint density at radius 2 is 2.05 bits per heavy atom. The number of aliphatic imine (C=N–C) groups is 1. The number of thioether (sulfide) groups is 1. The van der Waals surface area contributed by atoms with Gasteiger partial charge in [-0.2, -0.15) is 11.8 Å². The van der Waals surface area contributed by atoms with E-state index in [4.69, 9.17) is 0 Å². The molecule has 0 amide bonds. The molecule has 0 bridgehead atoms. The first kappa shape index (κ1) is 21.5. The van der Waals surface area contributed by atoms with E-state index in [1.54, 1.807) is 23.9 Å². The predicted molar refractivity (Wildman–Crippen MR) is 107 cm³/mol. The van der Waals surface area contributed by atoms with Gasteiger partial charge in [0.15, 0.2) is 5.96 Å². The molecule has 6 heteroatoms. The average Bonchev–Trinajstić information content (AvgIpc) is 2.45. The number of hydrogen-bond donors (Lipinski definition) is 2. The van der Waals surface area contributed by atoms with E-state index >= 15 is 0 Å². The number of nitrogens with zero attached hydrogens (tertiary/aromatic N) is 1. The fourth-order valence-electron chi connectivity index (χ4n) is 1.89. The fraction of sp³-hybridized carbons (Fsp3) is 0.562. The number of rotatable bonds is 7. The topological polar surface area (TPSA) is 36.4 Å². The van der Waals surface area contributed by atoms with Crippen LogP contribution >= 0.6 is 35.7 Å². The van der Waals surface area contributed by atoms with E-state index in [0.29, 0.717) is 6.54 Å². The van der Waals surface area contributed by atoms with Crippen molar-refractivity contribution in [2.24, 2.45) is 4.99 Å². The highest BCUT2D eigenvalue weighted by Gasteiger charge is 2.20. The fourth-order valence-corrected chi connectivity index (χ4v) is 2.20. The van der Waals surface area contributed by atoms with E-state index in [2.05, 4.69) is 35.7 Å². The average molecular weight is 439 g/mol. The van der Waals surface area contributed by atoms with Crippen molar-refractivity contribution in [2.75, 3.05) is 31.6 Å². The molecule has 0 aliphatic rings. The van der Waals surface area contributed by atoms with E-state index in [1.165, 1.54) is 6.07 Å². The minimum Gasteiger partial charge on any atom is -0.357 e. The quantitative estimate of drug-likeness (QED) is 0.295. The molecule has 0 radical (unpaired) electrons. The summed E-state index contributed by atoms with van der Waals surface area (Å²) in [5, 5.41) is 6.53. The van der Waals surface area contributed by atoms with Crippen molar-refractivity contribution in [2.45, 2.75) is 26.2 Å². The molecular weight excluding hydrogens is 412 g/mol. The van der Waals surface area contributed by atoms with Crippen LogP contribution in [0, 0.1) is 5.82 Å². The Morgan fingerprint density at radius 3 is 2.64 bits per heavy atom. The summed E-state index contributed by atoms with van der Waals surface area (Å²) < 4.78 is 13.4. The molecule has 3 nitrogen and oxygen atoms in total. The van der Waals surface area contributed by atoms with Crippen molar-refractivity contribution in [3.63, 3.8) is 0 Å². The first-order valence-electron chi connectivity index (χ1n) is 7.26. The van der Waals surface area contributed by atoms with Gasteiger partial charge in [0, 0.05) is 24.3 Å². The van der Waals surface area contributed by atoms with Crippen LogP contribution in [0.15, 0.2) is 29.3 Å². The van der Waals surface area contributed by atoms with Gasteiger partial charge < -0.3 is 10.6 Å². The molecule has 0 atom stereocenters. The molecule has 0 heterocycles. The van der Waals surface area contributed by atoms with Gasteiger partial charge in [0.05, 0.1) is 6.54 Å². The maximum absolute atomic E-state index is 13.4. The van der Waals surface area contributed by atoms with Gasteiger partial charge in [-0.25, -0.2) is 4.39 Å². The zero-order valence-electron chi connectivity index (χ0n) is 13.8. The number of benzene rings is 1. The smallest absolute Gasteiger partial charge is 0.191 e. The molecule has 0 aromatic heterocycles. The van der Waals surface area contributed by atoms with Crippen molar-refractivity contribution in [1.29, 1.82) is 0 Å². The highest BCUT2D eigenvalue weighted by molar-refractivity contribution is 14.0. The molecule has 1 aromatic carbocycles. The SMILES string of the molecule is CCNC(=NCC(C)(C)c1cccc(F)c1)NCCSC.I. The third-order valence-electron chi connectivity index (χ3n) is 3.18. The molecule has 1 aromatic rings. The van der Waals surface area contributed by atoms with Gasteiger partial charge in [0.2, 0.25) is 0 Å². The third kappa shape index (κ3) is 7.67. The van der Waals surface area contributed by atoms with E-state index < -0.39 is 0 Å². The molecule has 0 aliphatic heterocycles. The molecule has 0 saturated heterocycles. The van der Waals surface area contributed by atoms with E-state index in [9.17, 15) is 4.39 Å². The summed E-state index contributed by atoms with van der Waals surface area (Å²) in [5.41, 5.74) is 0.760. The summed E-state index contributed by atoms with van der Waals surface area (Å²) in [6.45, 7) is 8.51. The monoisotopic (exact) mass is 439 g/mol. The van der Waals surface area contributed by atoms with Crippen molar-refractivity contribution in [3.05, 3.63) is 35.6 Å². The Bertz CT molecular complexity index is 466. The van der Waals surface area contributed by atoms with Crippen LogP contribution in [0.1, 0.15) is 26.3 Å². The highest BCUT2D eigenvalue weighted by Crippen LogP contribution is 2.24. The van der Waals surface area contributed by atoms with Gasteiger partial charge in [-0.05, 0) is 30.9 Å². The second-order valence-corrected chi connectivity index (χ2v) is 6.49. The van der Waals surface area contributed by atoms with Crippen molar-refractivity contribution in [3.8, 4) is 0 Å². The third-order valence-corrected chi connectivity index (χ3v) is 3.79. The maximum Gasteiger partial charge on any atom is 0.191 e. The van der Waals surface area contributed by atoms with Crippen LogP contribution in [-0.4, -0.2) is 37.6 Å². The van der Waals surface area contributed by atoms with Gasteiger partial charge in [-0.1, -0.05) is 26.0 Å².